The first-order valence-electron chi connectivity index (χ1n) is 10.3. The highest BCUT2D eigenvalue weighted by Gasteiger charge is 2.55. The molecular formula is C20H39N3. The fraction of sp³-hybridized carbons (Fsp3) is 1.00. The van der Waals surface area contributed by atoms with Gasteiger partial charge in [0.2, 0.25) is 0 Å². The number of nitrogens with zero attached hydrogens (tertiary/aromatic N) is 2. The van der Waals surface area contributed by atoms with E-state index in [1.165, 1.54) is 77.7 Å². The maximum atomic E-state index is 3.50. The average Bonchev–Trinajstić information content (AvgIpc) is 3.10. The lowest BCUT2D eigenvalue weighted by molar-refractivity contribution is -0.0964. The summed E-state index contributed by atoms with van der Waals surface area (Å²) in [6, 6.07) is 0. The molecule has 2 saturated heterocycles. The summed E-state index contributed by atoms with van der Waals surface area (Å²) < 4.78 is 0. The molecule has 0 atom stereocenters. The van der Waals surface area contributed by atoms with Crippen molar-refractivity contribution in [3.63, 3.8) is 0 Å². The van der Waals surface area contributed by atoms with Gasteiger partial charge in [0.05, 0.1) is 0 Å². The topological polar surface area (TPSA) is 18.5 Å². The molecule has 0 aromatic heterocycles. The van der Waals surface area contributed by atoms with E-state index < -0.39 is 0 Å². The van der Waals surface area contributed by atoms with Crippen molar-refractivity contribution < 1.29 is 0 Å². The third-order valence-corrected chi connectivity index (χ3v) is 7.32. The van der Waals surface area contributed by atoms with Gasteiger partial charge in [0, 0.05) is 31.8 Å². The van der Waals surface area contributed by atoms with Crippen LogP contribution in [0.4, 0.5) is 0 Å². The Morgan fingerprint density at radius 2 is 1.61 bits per heavy atom. The Morgan fingerprint density at radius 1 is 0.957 bits per heavy atom. The Labute approximate surface area is 144 Å². The van der Waals surface area contributed by atoms with Gasteiger partial charge in [-0.3, -0.25) is 4.90 Å². The van der Waals surface area contributed by atoms with Crippen LogP contribution in [-0.4, -0.2) is 54.7 Å². The lowest BCUT2D eigenvalue weighted by atomic mass is 9.53. The molecule has 1 N–H and O–H groups in total. The zero-order valence-electron chi connectivity index (χ0n) is 16.1. The van der Waals surface area contributed by atoms with Gasteiger partial charge < -0.3 is 10.2 Å². The molecule has 1 spiro atoms. The van der Waals surface area contributed by atoms with Crippen LogP contribution < -0.4 is 5.32 Å². The highest BCUT2D eigenvalue weighted by molar-refractivity contribution is 5.10. The minimum atomic E-state index is 0.507. The molecule has 23 heavy (non-hydrogen) atoms. The average molecular weight is 322 g/mol. The lowest BCUT2D eigenvalue weighted by Gasteiger charge is -2.61. The summed E-state index contributed by atoms with van der Waals surface area (Å²) in [7, 11) is 0. The Balaban J connectivity index is 0.000000753. The van der Waals surface area contributed by atoms with Crippen molar-refractivity contribution in [2.45, 2.75) is 78.2 Å². The van der Waals surface area contributed by atoms with Gasteiger partial charge in [-0.05, 0) is 75.8 Å². The number of likely N-dealkylation sites (tertiary alicyclic amines) is 1. The maximum Gasteiger partial charge on any atom is 0.0486 e. The first-order chi connectivity index (χ1) is 11.1. The molecule has 0 aromatic rings. The predicted molar refractivity (Wildman–Crippen MR) is 98.6 cm³/mol. The van der Waals surface area contributed by atoms with Crippen molar-refractivity contribution in [1.82, 2.24) is 15.1 Å². The van der Waals surface area contributed by atoms with Crippen molar-refractivity contribution in [3.05, 3.63) is 0 Å². The van der Waals surface area contributed by atoms with Gasteiger partial charge in [-0.25, -0.2) is 0 Å². The van der Waals surface area contributed by atoms with Crippen LogP contribution in [0.3, 0.4) is 0 Å². The van der Waals surface area contributed by atoms with Gasteiger partial charge in [0.25, 0.3) is 0 Å². The van der Waals surface area contributed by atoms with Gasteiger partial charge in [-0.15, -0.1) is 0 Å². The van der Waals surface area contributed by atoms with E-state index in [1.807, 2.05) is 13.8 Å². The molecule has 4 fully saturated rings. The summed E-state index contributed by atoms with van der Waals surface area (Å²) in [6.07, 6.45) is 10.2. The number of piperidine rings is 1. The standard InChI is InChI=1S/C18H33N3.C2H6/c1-3-17(4-5-17)14-20-9-6-18(7-10-20)12-16(2,13-18)21-11-8-19-15-21;1-2/h19H,3-15H2,1-2H3;1-2H3. The third kappa shape index (κ3) is 3.48. The zero-order valence-corrected chi connectivity index (χ0v) is 16.1. The van der Waals surface area contributed by atoms with Gasteiger partial charge >= 0.3 is 0 Å². The molecule has 4 rings (SSSR count). The summed E-state index contributed by atoms with van der Waals surface area (Å²) >= 11 is 0. The number of hydrogen-bond acceptors (Lipinski definition) is 3. The van der Waals surface area contributed by atoms with Crippen LogP contribution in [0, 0.1) is 10.8 Å². The Kier molecular flexibility index (Phi) is 5.11. The van der Waals surface area contributed by atoms with Crippen LogP contribution in [-0.2, 0) is 0 Å². The maximum absolute atomic E-state index is 3.50. The smallest absolute Gasteiger partial charge is 0.0486 e. The molecule has 0 radical (unpaired) electrons. The van der Waals surface area contributed by atoms with Crippen molar-refractivity contribution in [2.24, 2.45) is 10.8 Å². The Bertz CT molecular complexity index is 380. The van der Waals surface area contributed by atoms with Gasteiger partial charge in [0.1, 0.15) is 0 Å². The van der Waals surface area contributed by atoms with E-state index in [1.54, 1.807) is 0 Å². The minimum absolute atomic E-state index is 0.507. The molecule has 3 nitrogen and oxygen atoms in total. The van der Waals surface area contributed by atoms with Crippen molar-refractivity contribution >= 4 is 0 Å². The molecule has 2 aliphatic carbocycles. The van der Waals surface area contributed by atoms with E-state index in [9.17, 15) is 0 Å². The second-order valence-corrected chi connectivity index (χ2v) is 8.90. The molecule has 134 valence electrons. The molecule has 0 amide bonds. The predicted octanol–water partition coefficient (Wildman–Crippen LogP) is 3.70. The van der Waals surface area contributed by atoms with E-state index in [2.05, 4.69) is 29.0 Å². The molecule has 2 heterocycles. The van der Waals surface area contributed by atoms with Crippen LogP contribution in [0.15, 0.2) is 0 Å². The fourth-order valence-electron chi connectivity index (χ4n) is 5.57. The largest absolute Gasteiger partial charge is 0.303 e. The van der Waals surface area contributed by atoms with Crippen molar-refractivity contribution in [2.75, 3.05) is 39.4 Å². The lowest BCUT2D eigenvalue weighted by Crippen LogP contribution is -2.62. The molecule has 0 aromatic carbocycles. The second kappa shape index (κ2) is 6.65. The van der Waals surface area contributed by atoms with Gasteiger partial charge in [-0.2, -0.15) is 0 Å². The number of rotatable bonds is 4. The summed E-state index contributed by atoms with van der Waals surface area (Å²) in [5.74, 6) is 0. The van der Waals surface area contributed by atoms with Crippen LogP contribution in [0.1, 0.15) is 72.6 Å². The molecule has 2 saturated carbocycles. The fourth-order valence-corrected chi connectivity index (χ4v) is 5.57. The summed E-state index contributed by atoms with van der Waals surface area (Å²) in [4.78, 5) is 5.48. The Morgan fingerprint density at radius 3 is 2.09 bits per heavy atom. The van der Waals surface area contributed by atoms with Crippen LogP contribution >= 0.6 is 0 Å². The molecule has 4 aliphatic rings. The molecule has 0 unspecified atom stereocenters. The summed E-state index contributed by atoms with van der Waals surface area (Å²) in [5.41, 5.74) is 1.95. The first-order valence-corrected chi connectivity index (χ1v) is 10.3. The zero-order chi connectivity index (χ0) is 16.6. The third-order valence-electron chi connectivity index (χ3n) is 7.32. The summed E-state index contributed by atoms with van der Waals surface area (Å²) in [6.45, 7) is 16.6. The highest BCUT2D eigenvalue weighted by atomic mass is 15.3. The molecule has 3 heteroatoms. The number of hydrogen-bond donors (Lipinski definition) is 1. The van der Waals surface area contributed by atoms with E-state index in [0.29, 0.717) is 11.0 Å². The quantitative estimate of drug-likeness (QED) is 0.852. The minimum Gasteiger partial charge on any atom is -0.303 e. The van der Waals surface area contributed by atoms with Gasteiger partial charge in [0.15, 0.2) is 0 Å². The van der Waals surface area contributed by atoms with Crippen LogP contribution in [0.25, 0.3) is 0 Å². The molecule has 0 bridgehead atoms. The van der Waals surface area contributed by atoms with E-state index in [0.717, 1.165) is 12.1 Å². The number of nitrogens with one attached hydrogen (secondary N) is 1. The van der Waals surface area contributed by atoms with Crippen molar-refractivity contribution in [3.8, 4) is 0 Å². The highest BCUT2D eigenvalue weighted by Crippen LogP contribution is 2.57. The van der Waals surface area contributed by atoms with Crippen LogP contribution in [0.2, 0.25) is 0 Å². The molecule has 2 aliphatic heterocycles. The van der Waals surface area contributed by atoms with E-state index in [4.69, 9.17) is 0 Å². The van der Waals surface area contributed by atoms with E-state index >= 15 is 0 Å². The normalized spacial score (nSPS) is 31.3. The Hall–Kier alpha value is -0.120. The van der Waals surface area contributed by atoms with Crippen LogP contribution in [0.5, 0.6) is 0 Å². The first kappa shape index (κ1) is 17.7. The summed E-state index contributed by atoms with van der Waals surface area (Å²) in [5, 5.41) is 3.50. The van der Waals surface area contributed by atoms with Gasteiger partial charge in [-0.1, -0.05) is 20.8 Å². The van der Waals surface area contributed by atoms with Crippen molar-refractivity contribution in [1.29, 1.82) is 0 Å². The SMILES string of the molecule is CC.CCC1(CN2CCC3(CC2)CC(C)(N2CCNC2)C3)CC1. The second-order valence-electron chi connectivity index (χ2n) is 8.90. The molecular weight excluding hydrogens is 282 g/mol. The monoisotopic (exact) mass is 321 g/mol. The van der Waals surface area contributed by atoms with E-state index in [-0.39, 0.29) is 0 Å².